The van der Waals surface area contributed by atoms with E-state index in [1.54, 1.807) is 0 Å². The van der Waals surface area contributed by atoms with Crippen LogP contribution in [0.25, 0.3) is 0 Å². The van der Waals surface area contributed by atoms with E-state index >= 15 is 0 Å². The lowest BCUT2D eigenvalue weighted by molar-refractivity contribution is -0.123. The Morgan fingerprint density at radius 2 is 1.86 bits per heavy atom. The molecule has 0 saturated heterocycles. The van der Waals surface area contributed by atoms with Gasteiger partial charge in [-0.05, 0) is 17.9 Å². The SMILES string of the molecule is CC(C)CC(NC(=O)[C@H](Cc1ccccc1)NC(=O)c1cnccn1)S(=O)O. The average molecular weight is 404 g/mol. The molecule has 3 atom stereocenters. The fraction of sp³-hybridized carbons (Fsp3) is 0.368. The number of benzene rings is 1. The highest BCUT2D eigenvalue weighted by Crippen LogP contribution is 2.09. The van der Waals surface area contributed by atoms with E-state index in [9.17, 15) is 18.4 Å². The van der Waals surface area contributed by atoms with Crippen molar-refractivity contribution in [1.29, 1.82) is 0 Å². The van der Waals surface area contributed by atoms with Gasteiger partial charge in [0.2, 0.25) is 5.91 Å². The summed E-state index contributed by atoms with van der Waals surface area (Å²) in [6, 6.07) is 8.26. The number of rotatable bonds is 9. The number of carbonyl (C=O) groups excluding carboxylic acids is 2. The second kappa shape index (κ2) is 10.6. The number of hydrogen-bond donors (Lipinski definition) is 3. The summed E-state index contributed by atoms with van der Waals surface area (Å²) in [7, 11) is 0. The van der Waals surface area contributed by atoms with Crippen LogP contribution in [0.15, 0.2) is 48.9 Å². The van der Waals surface area contributed by atoms with Crippen LogP contribution >= 0.6 is 0 Å². The van der Waals surface area contributed by atoms with Crippen LogP contribution in [0, 0.1) is 5.92 Å². The van der Waals surface area contributed by atoms with E-state index in [4.69, 9.17) is 0 Å². The average Bonchev–Trinajstić information content (AvgIpc) is 2.68. The lowest BCUT2D eigenvalue weighted by Gasteiger charge is -2.22. The minimum atomic E-state index is -2.22. The molecule has 1 heterocycles. The highest BCUT2D eigenvalue weighted by molar-refractivity contribution is 7.79. The maximum Gasteiger partial charge on any atom is 0.272 e. The van der Waals surface area contributed by atoms with Gasteiger partial charge in [0, 0.05) is 18.8 Å². The number of nitrogens with one attached hydrogen (secondary N) is 2. The zero-order valence-corrected chi connectivity index (χ0v) is 16.6. The van der Waals surface area contributed by atoms with Crippen molar-refractivity contribution in [1.82, 2.24) is 20.6 Å². The van der Waals surface area contributed by atoms with Crippen molar-refractivity contribution < 1.29 is 18.4 Å². The highest BCUT2D eigenvalue weighted by atomic mass is 32.2. The van der Waals surface area contributed by atoms with Gasteiger partial charge in [-0.2, -0.15) is 0 Å². The van der Waals surface area contributed by atoms with Crippen molar-refractivity contribution in [2.45, 2.75) is 38.1 Å². The normalized spacial score (nSPS) is 14.1. The maximum atomic E-state index is 12.8. The molecule has 2 amide bonds. The fourth-order valence-corrected chi connectivity index (χ4v) is 3.35. The van der Waals surface area contributed by atoms with E-state index in [0.29, 0.717) is 6.42 Å². The Labute approximate surface area is 166 Å². The van der Waals surface area contributed by atoms with Crippen molar-refractivity contribution >= 4 is 22.9 Å². The minimum Gasteiger partial charge on any atom is -0.339 e. The molecule has 2 aromatic rings. The largest absolute Gasteiger partial charge is 0.339 e. The molecule has 0 bridgehead atoms. The van der Waals surface area contributed by atoms with Gasteiger partial charge in [0.1, 0.15) is 17.1 Å². The quantitative estimate of drug-likeness (QED) is 0.545. The molecule has 3 N–H and O–H groups in total. The molecule has 0 aliphatic carbocycles. The van der Waals surface area contributed by atoms with Gasteiger partial charge in [-0.25, -0.2) is 9.19 Å². The monoisotopic (exact) mass is 404 g/mol. The van der Waals surface area contributed by atoms with Gasteiger partial charge in [0.05, 0.1) is 6.20 Å². The Bertz CT molecular complexity index is 802. The minimum absolute atomic E-state index is 0.0813. The van der Waals surface area contributed by atoms with Gasteiger partial charge in [-0.1, -0.05) is 44.2 Å². The Morgan fingerprint density at radius 1 is 1.14 bits per heavy atom. The molecule has 1 aromatic carbocycles. The van der Waals surface area contributed by atoms with E-state index < -0.39 is 34.3 Å². The van der Waals surface area contributed by atoms with Crippen LogP contribution in [0.1, 0.15) is 36.3 Å². The van der Waals surface area contributed by atoms with Crippen molar-refractivity contribution in [3.8, 4) is 0 Å². The number of nitrogens with zero attached hydrogens (tertiary/aromatic N) is 2. The van der Waals surface area contributed by atoms with Crippen molar-refractivity contribution in [3.63, 3.8) is 0 Å². The van der Waals surface area contributed by atoms with E-state index in [1.807, 2.05) is 44.2 Å². The predicted molar refractivity (Wildman–Crippen MR) is 106 cm³/mol. The van der Waals surface area contributed by atoms with Gasteiger partial charge < -0.3 is 15.2 Å². The van der Waals surface area contributed by atoms with Crippen LogP contribution < -0.4 is 10.6 Å². The van der Waals surface area contributed by atoms with Crippen molar-refractivity contribution in [2.75, 3.05) is 0 Å². The first-order valence-electron chi connectivity index (χ1n) is 8.87. The third-order valence-corrected chi connectivity index (χ3v) is 4.73. The predicted octanol–water partition coefficient (Wildman–Crippen LogP) is 1.53. The van der Waals surface area contributed by atoms with E-state index in [1.165, 1.54) is 18.6 Å². The van der Waals surface area contributed by atoms with Gasteiger partial charge >= 0.3 is 0 Å². The fourth-order valence-electron chi connectivity index (χ4n) is 2.59. The molecule has 0 fully saturated rings. The maximum absolute atomic E-state index is 12.8. The highest BCUT2D eigenvalue weighted by Gasteiger charge is 2.27. The van der Waals surface area contributed by atoms with Crippen molar-refractivity contribution in [3.05, 3.63) is 60.2 Å². The number of carbonyl (C=O) groups is 2. The summed E-state index contributed by atoms with van der Waals surface area (Å²) in [5.74, 6) is -0.966. The van der Waals surface area contributed by atoms with Gasteiger partial charge in [-0.15, -0.1) is 0 Å². The molecule has 1 aromatic heterocycles. The Hall–Kier alpha value is -2.65. The summed E-state index contributed by atoms with van der Waals surface area (Å²) < 4.78 is 21.1. The number of amides is 2. The Morgan fingerprint density at radius 3 is 2.43 bits per heavy atom. The summed E-state index contributed by atoms with van der Waals surface area (Å²) in [6.45, 7) is 3.78. The van der Waals surface area contributed by atoms with Gasteiger partial charge in [0.25, 0.3) is 5.91 Å². The van der Waals surface area contributed by atoms with Crippen LogP contribution in [-0.2, 0) is 22.3 Å². The first kappa shape index (κ1) is 21.6. The molecule has 150 valence electrons. The van der Waals surface area contributed by atoms with Crippen LogP contribution in [0.2, 0.25) is 0 Å². The lowest BCUT2D eigenvalue weighted by Crippen LogP contribution is -2.52. The molecular formula is C19H24N4O4S. The van der Waals surface area contributed by atoms with E-state index in [0.717, 1.165) is 5.56 Å². The Kier molecular flexibility index (Phi) is 8.21. The first-order valence-corrected chi connectivity index (χ1v) is 10.0. The van der Waals surface area contributed by atoms with Crippen LogP contribution in [0.3, 0.4) is 0 Å². The molecule has 0 saturated carbocycles. The van der Waals surface area contributed by atoms with Crippen molar-refractivity contribution in [2.24, 2.45) is 5.92 Å². The third kappa shape index (κ3) is 6.82. The molecule has 9 heteroatoms. The summed E-state index contributed by atoms with van der Waals surface area (Å²) in [6.07, 6.45) is 4.69. The van der Waals surface area contributed by atoms with E-state index in [-0.39, 0.29) is 18.0 Å². The molecule has 28 heavy (non-hydrogen) atoms. The molecule has 0 radical (unpaired) electrons. The van der Waals surface area contributed by atoms with Crippen LogP contribution in [0.4, 0.5) is 0 Å². The molecule has 0 spiro atoms. The third-order valence-electron chi connectivity index (χ3n) is 3.93. The van der Waals surface area contributed by atoms with Crippen LogP contribution in [-0.4, -0.2) is 42.0 Å². The summed E-state index contributed by atoms with van der Waals surface area (Å²) >= 11 is -2.22. The summed E-state index contributed by atoms with van der Waals surface area (Å²) in [5.41, 5.74) is 0.922. The summed E-state index contributed by atoms with van der Waals surface area (Å²) in [5, 5.41) is 4.31. The number of aromatic nitrogens is 2. The number of hydrogen-bond acceptors (Lipinski definition) is 5. The second-order valence-electron chi connectivity index (χ2n) is 6.71. The lowest BCUT2D eigenvalue weighted by atomic mass is 10.0. The van der Waals surface area contributed by atoms with Crippen LogP contribution in [0.5, 0.6) is 0 Å². The second-order valence-corrected chi connectivity index (χ2v) is 7.83. The first-order chi connectivity index (χ1) is 13.4. The zero-order valence-electron chi connectivity index (χ0n) is 15.7. The van der Waals surface area contributed by atoms with Gasteiger partial charge in [-0.3, -0.25) is 14.6 Å². The molecule has 0 aliphatic rings. The topological polar surface area (TPSA) is 121 Å². The molecule has 2 unspecified atom stereocenters. The molecular weight excluding hydrogens is 380 g/mol. The molecule has 8 nitrogen and oxygen atoms in total. The molecule has 0 aliphatic heterocycles. The Balaban J connectivity index is 2.17. The van der Waals surface area contributed by atoms with Gasteiger partial charge in [0.15, 0.2) is 11.1 Å². The standard InChI is InChI=1S/C19H24N4O4S/c1-13(2)10-17(28(26)27)23-18(24)15(11-14-6-4-3-5-7-14)22-19(25)16-12-20-8-9-21-16/h3-9,12-13,15,17H,10-11H2,1-2H3,(H,22,25)(H,23,24)(H,26,27)/t15-,17?/m0/s1. The van der Waals surface area contributed by atoms with E-state index in [2.05, 4.69) is 20.6 Å². The summed E-state index contributed by atoms with van der Waals surface area (Å²) in [4.78, 5) is 33.0. The smallest absolute Gasteiger partial charge is 0.272 e. The molecule has 2 rings (SSSR count). The zero-order chi connectivity index (χ0) is 20.5.